The summed E-state index contributed by atoms with van der Waals surface area (Å²) in [4.78, 5) is 14.2. The van der Waals surface area contributed by atoms with E-state index in [1.165, 1.54) is 47.4 Å². The van der Waals surface area contributed by atoms with Gasteiger partial charge in [-0.05, 0) is 36.2 Å². The van der Waals surface area contributed by atoms with Gasteiger partial charge in [0.15, 0.2) is 9.84 Å². The van der Waals surface area contributed by atoms with E-state index in [1.807, 2.05) is 0 Å². The van der Waals surface area contributed by atoms with Gasteiger partial charge in [-0.2, -0.15) is 0 Å². The molecule has 0 spiro atoms. The van der Waals surface area contributed by atoms with Gasteiger partial charge in [0.05, 0.1) is 17.1 Å². The number of nitrogens with zero attached hydrogens (tertiary/aromatic N) is 1. The van der Waals surface area contributed by atoms with Crippen molar-refractivity contribution in [3.8, 4) is 0 Å². The Labute approximate surface area is 145 Å². The zero-order valence-electron chi connectivity index (χ0n) is 13.4. The molecule has 1 aliphatic rings. The van der Waals surface area contributed by atoms with Crippen LogP contribution < -0.4 is 0 Å². The minimum absolute atomic E-state index is 0.00212. The van der Waals surface area contributed by atoms with Crippen LogP contribution in [0, 0.1) is 11.6 Å². The summed E-state index contributed by atoms with van der Waals surface area (Å²) in [7, 11) is -3.21. The minimum atomic E-state index is -3.21. The van der Waals surface area contributed by atoms with Crippen LogP contribution in [-0.4, -0.2) is 36.8 Å². The third kappa shape index (κ3) is 4.04. The van der Waals surface area contributed by atoms with Gasteiger partial charge in [0.25, 0.3) is 5.91 Å². The Morgan fingerprint density at radius 1 is 1.08 bits per heavy atom. The third-order valence-corrected chi connectivity index (χ3v) is 6.03. The molecule has 7 heteroatoms. The maximum atomic E-state index is 14.0. The number of carbonyl (C=O) groups excluding carboxylic acids is 1. The van der Waals surface area contributed by atoms with Crippen molar-refractivity contribution in [1.82, 2.24) is 4.90 Å². The molecule has 1 atom stereocenters. The molecule has 2 aromatic carbocycles. The average molecular weight is 365 g/mol. The average Bonchev–Trinajstić information content (AvgIpc) is 2.94. The van der Waals surface area contributed by atoms with Gasteiger partial charge in [0.1, 0.15) is 11.6 Å². The van der Waals surface area contributed by atoms with Crippen LogP contribution in [0.2, 0.25) is 0 Å². The fourth-order valence-electron chi connectivity index (χ4n) is 2.96. The number of carbonyl (C=O) groups is 1. The molecule has 0 aromatic heterocycles. The summed E-state index contributed by atoms with van der Waals surface area (Å²) < 4.78 is 50.7. The Balaban J connectivity index is 1.92. The SMILES string of the molecule is O=C(c1ccccc1F)N(Cc1ccc(F)cc1)[C@@H]1CCS(=O)(=O)C1. The van der Waals surface area contributed by atoms with E-state index in [-0.39, 0.29) is 23.6 Å². The molecular formula is C18H17F2NO3S. The molecule has 1 saturated heterocycles. The van der Waals surface area contributed by atoms with Gasteiger partial charge in [-0.3, -0.25) is 4.79 Å². The lowest BCUT2D eigenvalue weighted by atomic mass is 10.1. The number of rotatable bonds is 4. The van der Waals surface area contributed by atoms with Gasteiger partial charge in [-0.25, -0.2) is 17.2 Å². The predicted octanol–water partition coefficient (Wildman–Crippen LogP) is 2.79. The maximum absolute atomic E-state index is 14.0. The molecule has 1 amide bonds. The van der Waals surface area contributed by atoms with E-state index >= 15 is 0 Å². The van der Waals surface area contributed by atoms with Crippen molar-refractivity contribution >= 4 is 15.7 Å². The molecule has 0 radical (unpaired) electrons. The van der Waals surface area contributed by atoms with E-state index in [9.17, 15) is 22.0 Å². The van der Waals surface area contributed by atoms with Gasteiger partial charge in [0.2, 0.25) is 0 Å². The van der Waals surface area contributed by atoms with Crippen molar-refractivity contribution in [3.05, 3.63) is 71.3 Å². The maximum Gasteiger partial charge on any atom is 0.257 e. The molecular weight excluding hydrogens is 348 g/mol. The number of amides is 1. The van der Waals surface area contributed by atoms with Crippen molar-refractivity contribution < 1.29 is 22.0 Å². The first-order valence-electron chi connectivity index (χ1n) is 7.86. The van der Waals surface area contributed by atoms with Gasteiger partial charge in [0, 0.05) is 12.6 Å². The second-order valence-corrected chi connectivity index (χ2v) is 8.32. The number of halogens is 2. The lowest BCUT2D eigenvalue weighted by Crippen LogP contribution is -2.41. The van der Waals surface area contributed by atoms with Crippen LogP contribution in [0.5, 0.6) is 0 Å². The Bertz CT molecular complexity index is 881. The number of benzene rings is 2. The van der Waals surface area contributed by atoms with Gasteiger partial charge >= 0.3 is 0 Å². The summed E-state index contributed by atoms with van der Waals surface area (Å²) in [5.41, 5.74) is 0.546. The molecule has 4 nitrogen and oxygen atoms in total. The van der Waals surface area contributed by atoms with Crippen molar-refractivity contribution in [2.24, 2.45) is 0 Å². The first kappa shape index (κ1) is 17.5. The van der Waals surface area contributed by atoms with Crippen molar-refractivity contribution in [3.63, 3.8) is 0 Å². The highest BCUT2D eigenvalue weighted by molar-refractivity contribution is 7.91. The monoisotopic (exact) mass is 365 g/mol. The highest BCUT2D eigenvalue weighted by Crippen LogP contribution is 2.23. The van der Waals surface area contributed by atoms with E-state index in [4.69, 9.17) is 0 Å². The summed E-state index contributed by atoms with van der Waals surface area (Å²) in [5, 5.41) is 0. The standard InChI is InChI=1S/C18H17F2NO3S/c19-14-7-5-13(6-8-14)11-21(15-9-10-25(23,24)12-15)18(22)16-3-1-2-4-17(16)20/h1-8,15H,9-12H2/t15-/m1/s1. The third-order valence-electron chi connectivity index (χ3n) is 4.28. The molecule has 0 aliphatic carbocycles. The molecule has 1 heterocycles. The van der Waals surface area contributed by atoms with E-state index in [1.54, 1.807) is 6.07 Å². The summed E-state index contributed by atoms with van der Waals surface area (Å²) in [6, 6.07) is 10.7. The number of hydrogen-bond donors (Lipinski definition) is 0. The Kier molecular flexibility index (Phi) is 4.85. The molecule has 1 fully saturated rings. The van der Waals surface area contributed by atoms with Crippen LogP contribution in [0.4, 0.5) is 8.78 Å². The molecule has 0 bridgehead atoms. The van der Waals surface area contributed by atoms with Crippen LogP contribution in [-0.2, 0) is 16.4 Å². The van der Waals surface area contributed by atoms with Crippen molar-refractivity contribution in [1.29, 1.82) is 0 Å². The topological polar surface area (TPSA) is 54.5 Å². The molecule has 25 heavy (non-hydrogen) atoms. The normalized spacial score (nSPS) is 18.9. The van der Waals surface area contributed by atoms with Gasteiger partial charge < -0.3 is 4.90 Å². The molecule has 1 aliphatic heterocycles. The summed E-state index contributed by atoms with van der Waals surface area (Å²) in [6.45, 7) is 0.0909. The molecule has 3 rings (SSSR count). The number of hydrogen-bond acceptors (Lipinski definition) is 3. The predicted molar refractivity (Wildman–Crippen MR) is 89.7 cm³/mol. The number of sulfone groups is 1. The lowest BCUT2D eigenvalue weighted by molar-refractivity contribution is 0.0676. The van der Waals surface area contributed by atoms with Crippen LogP contribution in [0.1, 0.15) is 22.3 Å². The van der Waals surface area contributed by atoms with E-state index < -0.39 is 33.4 Å². The molecule has 0 saturated carbocycles. The molecule has 0 N–H and O–H groups in total. The summed E-state index contributed by atoms with van der Waals surface area (Å²) in [5.74, 6) is -1.77. The molecule has 132 valence electrons. The van der Waals surface area contributed by atoms with Gasteiger partial charge in [-0.15, -0.1) is 0 Å². The van der Waals surface area contributed by atoms with Crippen molar-refractivity contribution in [2.45, 2.75) is 19.0 Å². The smallest absolute Gasteiger partial charge is 0.257 e. The quantitative estimate of drug-likeness (QED) is 0.837. The Morgan fingerprint density at radius 2 is 1.76 bits per heavy atom. The fraction of sp³-hybridized carbons (Fsp3) is 0.278. The highest BCUT2D eigenvalue weighted by Gasteiger charge is 2.35. The first-order chi connectivity index (χ1) is 11.9. The van der Waals surface area contributed by atoms with E-state index in [0.29, 0.717) is 12.0 Å². The Hall–Kier alpha value is -2.28. The lowest BCUT2D eigenvalue weighted by Gasteiger charge is -2.28. The van der Waals surface area contributed by atoms with E-state index in [0.717, 1.165) is 0 Å². The van der Waals surface area contributed by atoms with Crippen LogP contribution in [0.25, 0.3) is 0 Å². The van der Waals surface area contributed by atoms with Crippen molar-refractivity contribution in [2.75, 3.05) is 11.5 Å². The first-order valence-corrected chi connectivity index (χ1v) is 9.68. The fourth-order valence-corrected chi connectivity index (χ4v) is 4.69. The summed E-state index contributed by atoms with van der Waals surface area (Å²) >= 11 is 0. The molecule has 2 aromatic rings. The highest BCUT2D eigenvalue weighted by atomic mass is 32.2. The second-order valence-electron chi connectivity index (χ2n) is 6.10. The van der Waals surface area contributed by atoms with Crippen LogP contribution in [0.15, 0.2) is 48.5 Å². The van der Waals surface area contributed by atoms with Crippen LogP contribution in [0.3, 0.4) is 0 Å². The van der Waals surface area contributed by atoms with Gasteiger partial charge in [-0.1, -0.05) is 24.3 Å². The minimum Gasteiger partial charge on any atom is -0.330 e. The summed E-state index contributed by atoms with van der Waals surface area (Å²) in [6.07, 6.45) is 0.309. The van der Waals surface area contributed by atoms with Crippen LogP contribution >= 0.6 is 0 Å². The zero-order chi connectivity index (χ0) is 18.0. The van der Waals surface area contributed by atoms with E-state index in [2.05, 4.69) is 0 Å². The Morgan fingerprint density at radius 3 is 2.36 bits per heavy atom. The second kappa shape index (κ2) is 6.92. The zero-order valence-corrected chi connectivity index (χ0v) is 14.2. The largest absolute Gasteiger partial charge is 0.330 e. The molecule has 0 unspecified atom stereocenters.